The Balaban J connectivity index is 1.70. The summed E-state index contributed by atoms with van der Waals surface area (Å²) >= 11 is 0. The molecule has 0 spiro atoms. The van der Waals surface area contributed by atoms with Crippen LogP contribution in [0.3, 0.4) is 0 Å². The molecule has 5 heteroatoms. The van der Waals surface area contributed by atoms with Crippen LogP contribution in [0.1, 0.15) is 73.7 Å². The molecule has 1 aromatic heterocycles. The first-order valence-electron chi connectivity index (χ1n) is 10.3. The number of hydrogen-bond donors (Lipinski definition) is 2. The van der Waals surface area contributed by atoms with Gasteiger partial charge in [-0.1, -0.05) is 33.1 Å². The number of carbonyl (C=O) groups is 2. The van der Waals surface area contributed by atoms with Crippen LogP contribution in [0.5, 0.6) is 0 Å². The molecule has 1 saturated carbocycles. The van der Waals surface area contributed by atoms with E-state index in [0.717, 1.165) is 28.3 Å². The highest BCUT2D eigenvalue weighted by Gasteiger charge is 2.22. The molecule has 28 heavy (non-hydrogen) atoms. The van der Waals surface area contributed by atoms with Gasteiger partial charge >= 0.3 is 0 Å². The molecule has 0 bridgehead atoms. The Morgan fingerprint density at radius 1 is 0.964 bits per heavy atom. The van der Waals surface area contributed by atoms with E-state index < -0.39 is 0 Å². The fourth-order valence-corrected chi connectivity index (χ4v) is 4.03. The molecule has 2 amide bonds. The third kappa shape index (κ3) is 4.46. The van der Waals surface area contributed by atoms with E-state index in [2.05, 4.69) is 22.1 Å². The van der Waals surface area contributed by atoms with E-state index >= 15 is 0 Å². The monoisotopic (exact) mass is 381 g/mol. The minimum atomic E-state index is -0.0888. The van der Waals surface area contributed by atoms with Crippen molar-refractivity contribution in [3.8, 4) is 0 Å². The third-order valence-electron chi connectivity index (χ3n) is 5.60. The second-order valence-electron chi connectivity index (χ2n) is 8.12. The summed E-state index contributed by atoms with van der Waals surface area (Å²) in [5.74, 6) is -0.181. The van der Waals surface area contributed by atoms with Crippen LogP contribution in [0.25, 0.3) is 0 Å². The lowest BCUT2D eigenvalue weighted by molar-refractivity contribution is -0.118. The van der Waals surface area contributed by atoms with Crippen molar-refractivity contribution in [1.29, 1.82) is 0 Å². The van der Waals surface area contributed by atoms with Crippen molar-refractivity contribution < 1.29 is 9.59 Å². The molecule has 150 valence electrons. The zero-order valence-electron chi connectivity index (χ0n) is 17.3. The Morgan fingerprint density at radius 2 is 1.54 bits per heavy atom. The van der Waals surface area contributed by atoms with Crippen molar-refractivity contribution in [2.75, 3.05) is 10.6 Å². The molecule has 0 aliphatic heterocycles. The van der Waals surface area contributed by atoms with E-state index in [1.807, 2.05) is 39.0 Å². The van der Waals surface area contributed by atoms with E-state index in [1.165, 1.54) is 32.1 Å². The minimum absolute atomic E-state index is 0.0214. The summed E-state index contributed by atoms with van der Waals surface area (Å²) in [4.78, 5) is 24.6. The fraction of sp³-hybridized carbons (Fsp3) is 0.478. The van der Waals surface area contributed by atoms with Crippen LogP contribution < -0.4 is 10.6 Å². The summed E-state index contributed by atoms with van der Waals surface area (Å²) in [5.41, 5.74) is 4.38. The second-order valence-corrected chi connectivity index (χ2v) is 8.12. The van der Waals surface area contributed by atoms with E-state index in [4.69, 9.17) is 0 Å². The number of hydrogen-bond acceptors (Lipinski definition) is 2. The lowest BCUT2D eigenvalue weighted by Gasteiger charge is -2.26. The van der Waals surface area contributed by atoms with E-state index in [9.17, 15) is 9.59 Å². The zero-order valence-corrected chi connectivity index (χ0v) is 17.3. The molecule has 3 rings (SSSR count). The predicted octanol–water partition coefficient (Wildman–Crippen LogP) is 5.46. The molecule has 5 nitrogen and oxygen atoms in total. The average Bonchev–Trinajstić information content (AvgIpc) is 2.98. The number of carbonyl (C=O) groups excluding carboxylic acids is 2. The molecule has 0 saturated heterocycles. The minimum Gasteiger partial charge on any atom is -0.345 e. The maximum absolute atomic E-state index is 12.8. The van der Waals surface area contributed by atoms with Gasteiger partial charge in [0.15, 0.2) is 0 Å². The van der Waals surface area contributed by atoms with Crippen LogP contribution >= 0.6 is 0 Å². The molecule has 0 unspecified atom stereocenters. The molecule has 0 atom stereocenters. The van der Waals surface area contributed by atoms with Gasteiger partial charge in [-0.25, -0.2) is 0 Å². The van der Waals surface area contributed by atoms with E-state index in [1.54, 1.807) is 12.1 Å². The van der Waals surface area contributed by atoms with Crippen molar-refractivity contribution in [2.24, 2.45) is 5.92 Å². The normalized spacial score (nSPS) is 14.9. The van der Waals surface area contributed by atoms with Gasteiger partial charge in [0.2, 0.25) is 5.91 Å². The van der Waals surface area contributed by atoms with Crippen molar-refractivity contribution in [3.63, 3.8) is 0 Å². The maximum Gasteiger partial charge on any atom is 0.257 e. The molecule has 1 fully saturated rings. The summed E-state index contributed by atoms with van der Waals surface area (Å²) in [5, 5.41) is 5.84. The summed E-state index contributed by atoms with van der Waals surface area (Å²) in [6.07, 6.45) is 6.24. The van der Waals surface area contributed by atoms with Gasteiger partial charge in [-0.15, -0.1) is 0 Å². The lowest BCUT2D eigenvalue weighted by atomic mass is 9.95. The number of rotatable bonds is 5. The Bertz CT molecular complexity index is 843. The smallest absolute Gasteiger partial charge is 0.257 e. The Labute approximate surface area is 167 Å². The topological polar surface area (TPSA) is 63.1 Å². The number of anilines is 2. The number of nitrogens with one attached hydrogen (secondary N) is 2. The summed E-state index contributed by atoms with van der Waals surface area (Å²) in [7, 11) is 0. The van der Waals surface area contributed by atoms with Crippen molar-refractivity contribution >= 4 is 23.2 Å². The number of amides is 2. The van der Waals surface area contributed by atoms with Crippen molar-refractivity contribution in [3.05, 3.63) is 47.3 Å². The van der Waals surface area contributed by atoms with Gasteiger partial charge in [0.1, 0.15) is 0 Å². The Kier molecular flexibility index (Phi) is 6.22. The first-order valence-corrected chi connectivity index (χ1v) is 10.3. The first kappa shape index (κ1) is 20.2. The summed E-state index contributed by atoms with van der Waals surface area (Å²) in [6, 6.07) is 9.75. The summed E-state index contributed by atoms with van der Waals surface area (Å²) in [6.45, 7) is 7.84. The van der Waals surface area contributed by atoms with Gasteiger partial charge in [-0.05, 0) is 57.0 Å². The molecule has 1 aliphatic rings. The van der Waals surface area contributed by atoms with Crippen LogP contribution in [0.2, 0.25) is 0 Å². The quantitative estimate of drug-likeness (QED) is 0.722. The number of nitrogens with zero attached hydrogens (tertiary/aromatic N) is 1. The maximum atomic E-state index is 12.8. The van der Waals surface area contributed by atoms with Crippen LogP contribution in [-0.4, -0.2) is 16.4 Å². The Hall–Kier alpha value is -2.56. The molecule has 2 aromatic rings. The predicted molar refractivity (Wildman–Crippen MR) is 114 cm³/mol. The highest BCUT2D eigenvalue weighted by atomic mass is 16.2. The average molecular weight is 382 g/mol. The number of aryl methyl sites for hydroxylation is 1. The highest BCUT2D eigenvalue weighted by Crippen LogP contribution is 2.32. The van der Waals surface area contributed by atoms with Gasteiger partial charge in [-0.2, -0.15) is 0 Å². The second kappa shape index (κ2) is 8.63. The molecule has 1 heterocycles. The highest BCUT2D eigenvalue weighted by molar-refractivity contribution is 6.05. The van der Waals surface area contributed by atoms with E-state index in [0.29, 0.717) is 6.04 Å². The van der Waals surface area contributed by atoms with Gasteiger partial charge < -0.3 is 15.2 Å². The van der Waals surface area contributed by atoms with Crippen LogP contribution in [0.15, 0.2) is 30.3 Å². The zero-order chi connectivity index (χ0) is 20.3. The molecular formula is C23H31N3O2. The number of benzene rings is 1. The van der Waals surface area contributed by atoms with Crippen molar-refractivity contribution in [2.45, 2.75) is 65.8 Å². The summed E-state index contributed by atoms with van der Waals surface area (Å²) < 4.78 is 2.35. The standard InChI is InChI=1S/C23H31N3O2/c1-15(2)22(27)24-18-10-12-19(13-11-18)25-23(28)21-14-16(3)26(17(21)4)20-8-6-5-7-9-20/h10-15,20H,5-9H2,1-4H3,(H,24,27)(H,25,28). The van der Waals surface area contributed by atoms with Gasteiger partial charge in [0.25, 0.3) is 5.91 Å². The van der Waals surface area contributed by atoms with Gasteiger partial charge in [-0.3, -0.25) is 9.59 Å². The lowest BCUT2D eigenvalue weighted by Crippen LogP contribution is -2.18. The van der Waals surface area contributed by atoms with Crippen LogP contribution in [0.4, 0.5) is 11.4 Å². The molecular weight excluding hydrogens is 350 g/mol. The largest absolute Gasteiger partial charge is 0.345 e. The first-order chi connectivity index (χ1) is 13.4. The third-order valence-corrected chi connectivity index (χ3v) is 5.60. The molecule has 2 N–H and O–H groups in total. The Morgan fingerprint density at radius 3 is 2.11 bits per heavy atom. The van der Waals surface area contributed by atoms with Crippen LogP contribution in [0, 0.1) is 19.8 Å². The molecule has 0 radical (unpaired) electrons. The molecule has 1 aliphatic carbocycles. The van der Waals surface area contributed by atoms with Gasteiger partial charge in [0.05, 0.1) is 5.56 Å². The van der Waals surface area contributed by atoms with E-state index in [-0.39, 0.29) is 17.7 Å². The SMILES string of the molecule is Cc1cc(C(=O)Nc2ccc(NC(=O)C(C)C)cc2)c(C)n1C1CCCCC1. The number of aromatic nitrogens is 1. The van der Waals surface area contributed by atoms with Gasteiger partial charge in [0, 0.05) is 34.7 Å². The molecule has 1 aromatic carbocycles. The fourth-order valence-electron chi connectivity index (χ4n) is 4.03. The van der Waals surface area contributed by atoms with Crippen LogP contribution in [-0.2, 0) is 4.79 Å². The van der Waals surface area contributed by atoms with Crippen molar-refractivity contribution in [1.82, 2.24) is 4.57 Å².